The van der Waals surface area contributed by atoms with Crippen molar-refractivity contribution in [2.45, 2.75) is 32.1 Å². The van der Waals surface area contributed by atoms with E-state index < -0.39 is 0 Å². The van der Waals surface area contributed by atoms with E-state index in [2.05, 4.69) is 41.2 Å². The first-order chi connectivity index (χ1) is 11.9. The van der Waals surface area contributed by atoms with E-state index in [1.807, 2.05) is 12.1 Å². The van der Waals surface area contributed by atoms with Crippen molar-refractivity contribution in [1.29, 1.82) is 0 Å². The van der Waals surface area contributed by atoms with Gasteiger partial charge in [-0.3, -0.25) is 9.79 Å². The van der Waals surface area contributed by atoms with Crippen LogP contribution < -0.4 is 5.32 Å². The number of ether oxygens (including phenoxy) is 1. The Morgan fingerprint density at radius 1 is 1.32 bits per heavy atom. The van der Waals surface area contributed by atoms with Gasteiger partial charge in [-0.05, 0) is 30.5 Å². The van der Waals surface area contributed by atoms with Gasteiger partial charge in [-0.2, -0.15) is 0 Å². The zero-order chi connectivity index (χ0) is 18.4. The molecular weight excluding hydrogens is 338 g/mol. The Kier molecular flexibility index (Phi) is 6.71. The summed E-state index contributed by atoms with van der Waals surface area (Å²) in [6.45, 7) is 6.76. The van der Waals surface area contributed by atoms with E-state index in [-0.39, 0.29) is 17.3 Å². The summed E-state index contributed by atoms with van der Waals surface area (Å²) in [5.41, 5.74) is 1.18. The second-order valence-electron chi connectivity index (χ2n) is 7.08. The molecule has 138 valence electrons. The molecule has 0 aliphatic carbocycles. The number of aliphatic imine (C=N–C) groups is 1. The Morgan fingerprint density at radius 3 is 2.44 bits per heavy atom. The molecule has 25 heavy (non-hydrogen) atoms. The van der Waals surface area contributed by atoms with Gasteiger partial charge in [0.1, 0.15) is 0 Å². The maximum atomic E-state index is 11.7. The minimum absolute atomic E-state index is 0.00450. The quantitative estimate of drug-likeness (QED) is 0.506. The van der Waals surface area contributed by atoms with Gasteiger partial charge < -0.3 is 15.0 Å². The van der Waals surface area contributed by atoms with Gasteiger partial charge in [0, 0.05) is 37.1 Å². The number of halogens is 1. The largest absolute Gasteiger partial charge is 0.469 e. The number of carbonyl (C=O) groups excluding carboxylic acids is 1. The number of benzene rings is 1. The standard InChI is InChI=1S/C19H28ClN3O2/c1-19(2,15-5-7-16(20)8-6-15)13-22-18(21-3)23-11-9-14(10-12-23)17(24)25-4/h5-8,14H,9-13H2,1-4H3,(H,21,22). The van der Waals surface area contributed by atoms with Crippen molar-refractivity contribution in [2.75, 3.05) is 33.8 Å². The van der Waals surface area contributed by atoms with E-state index in [4.69, 9.17) is 16.3 Å². The first kappa shape index (κ1) is 19.6. The minimum Gasteiger partial charge on any atom is -0.469 e. The molecule has 1 fully saturated rings. The van der Waals surface area contributed by atoms with E-state index in [9.17, 15) is 4.79 Å². The molecule has 1 heterocycles. The predicted molar refractivity (Wildman–Crippen MR) is 102 cm³/mol. The summed E-state index contributed by atoms with van der Waals surface area (Å²) < 4.78 is 4.85. The monoisotopic (exact) mass is 365 g/mol. The third kappa shape index (κ3) is 5.11. The summed E-state index contributed by atoms with van der Waals surface area (Å²) in [5, 5.41) is 4.22. The summed E-state index contributed by atoms with van der Waals surface area (Å²) in [6.07, 6.45) is 1.60. The molecule has 1 saturated heterocycles. The van der Waals surface area contributed by atoms with Gasteiger partial charge in [0.25, 0.3) is 0 Å². The number of methoxy groups -OCH3 is 1. The number of nitrogens with one attached hydrogen (secondary N) is 1. The lowest BCUT2D eigenvalue weighted by atomic mass is 9.84. The van der Waals surface area contributed by atoms with Crippen LogP contribution in [0.5, 0.6) is 0 Å². The Hall–Kier alpha value is -1.75. The van der Waals surface area contributed by atoms with Gasteiger partial charge in [-0.15, -0.1) is 0 Å². The van der Waals surface area contributed by atoms with E-state index >= 15 is 0 Å². The van der Waals surface area contributed by atoms with Gasteiger partial charge in [0.15, 0.2) is 5.96 Å². The third-order valence-corrected chi connectivity index (χ3v) is 5.11. The fourth-order valence-corrected chi connectivity index (χ4v) is 3.26. The second kappa shape index (κ2) is 8.56. The van der Waals surface area contributed by atoms with Crippen molar-refractivity contribution in [3.8, 4) is 0 Å². The summed E-state index contributed by atoms with van der Waals surface area (Å²) in [7, 11) is 3.25. The van der Waals surface area contributed by atoms with Crippen LogP contribution in [0.25, 0.3) is 0 Å². The maximum absolute atomic E-state index is 11.7. The van der Waals surface area contributed by atoms with E-state index in [1.54, 1.807) is 7.05 Å². The van der Waals surface area contributed by atoms with Crippen molar-refractivity contribution in [2.24, 2.45) is 10.9 Å². The van der Waals surface area contributed by atoms with Gasteiger partial charge >= 0.3 is 5.97 Å². The first-order valence-electron chi connectivity index (χ1n) is 8.67. The molecule has 0 bridgehead atoms. The molecule has 0 saturated carbocycles. The minimum atomic E-state index is -0.105. The Bertz CT molecular complexity index is 606. The number of esters is 1. The number of rotatable bonds is 4. The molecule has 5 nitrogen and oxygen atoms in total. The van der Waals surface area contributed by atoms with Crippen LogP contribution in [0.4, 0.5) is 0 Å². The number of nitrogens with zero attached hydrogens (tertiary/aromatic N) is 2. The molecule has 1 aliphatic rings. The van der Waals surface area contributed by atoms with Gasteiger partial charge in [-0.1, -0.05) is 37.6 Å². The van der Waals surface area contributed by atoms with Crippen LogP contribution in [0.3, 0.4) is 0 Å². The Balaban J connectivity index is 1.92. The lowest BCUT2D eigenvalue weighted by Crippen LogP contribution is -2.49. The lowest BCUT2D eigenvalue weighted by Gasteiger charge is -2.35. The van der Waals surface area contributed by atoms with Gasteiger partial charge in [-0.25, -0.2) is 0 Å². The summed E-state index contributed by atoms with van der Waals surface area (Å²) in [6, 6.07) is 7.97. The van der Waals surface area contributed by atoms with Crippen LogP contribution >= 0.6 is 11.6 Å². The van der Waals surface area contributed by atoms with Gasteiger partial charge in [0.2, 0.25) is 0 Å². The fourth-order valence-electron chi connectivity index (χ4n) is 3.13. The van der Waals surface area contributed by atoms with Crippen LogP contribution in [0, 0.1) is 5.92 Å². The molecule has 0 aromatic heterocycles. The topological polar surface area (TPSA) is 53.9 Å². The lowest BCUT2D eigenvalue weighted by molar-refractivity contribution is -0.146. The van der Waals surface area contributed by atoms with Crippen molar-refractivity contribution < 1.29 is 9.53 Å². The number of likely N-dealkylation sites (tertiary alicyclic amines) is 1. The molecule has 1 aliphatic heterocycles. The Labute approximate surface area is 155 Å². The number of carbonyl (C=O) groups is 1. The number of hydrogen-bond acceptors (Lipinski definition) is 3. The maximum Gasteiger partial charge on any atom is 0.308 e. The van der Waals surface area contributed by atoms with Crippen molar-refractivity contribution in [3.63, 3.8) is 0 Å². The van der Waals surface area contributed by atoms with Gasteiger partial charge in [0.05, 0.1) is 13.0 Å². The highest BCUT2D eigenvalue weighted by Crippen LogP contribution is 2.24. The van der Waals surface area contributed by atoms with E-state index in [0.717, 1.165) is 43.5 Å². The molecular formula is C19H28ClN3O2. The summed E-state index contributed by atoms with van der Waals surface area (Å²) in [4.78, 5) is 18.3. The molecule has 0 radical (unpaired) electrons. The van der Waals surface area contributed by atoms with E-state index in [1.165, 1.54) is 12.7 Å². The second-order valence-corrected chi connectivity index (χ2v) is 7.51. The number of piperidine rings is 1. The van der Waals surface area contributed by atoms with Crippen LogP contribution in [-0.2, 0) is 14.9 Å². The van der Waals surface area contributed by atoms with Crippen molar-refractivity contribution in [3.05, 3.63) is 34.9 Å². The average Bonchev–Trinajstić information content (AvgIpc) is 2.62. The average molecular weight is 366 g/mol. The molecule has 0 amide bonds. The molecule has 0 atom stereocenters. The first-order valence-corrected chi connectivity index (χ1v) is 9.04. The van der Waals surface area contributed by atoms with Crippen LogP contribution in [0.15, 0.2) is 29.3 Å². The van der Waals surface area contributed by atoms with Crippen molar-refractivity contribution in [1.82, 2.24) is 10.2 Å². The molecule has 2 rings (SSSR count). The fraction of sp³-hybridized carbons (Fsp3) is 0.579. The molecule has 1 aromatic carbocycles. The molecule has 6 heteroatoms. The molecule has 0 unspecified atom stereocenters. The van der Waals surface area contributed by atoms with Crippen LogP contribution in [0.1, 0.15) is 32.3 Å². The number of hydrogen-bond donors (Lipinski definition) is 1. The SMILES string of the molecule is CN=C(NCC(C)(C)c1ccc(Cl)cc1)N1CCC(C(=O)OC)CC1. The van der Waals surface area contributed by atoms with Crippen LogP contribution in [0.2, 0.25) is 5.02 Å². The van der Waals surface area contributed by atoms with E-state index in [0.29, 0.717) is 0 Å². The normalized spacial score (nSPS) is 16.7. The number of guanidine groups is 1. The molecule has 1 aromatic rings. The highest BCUT2D eigenvalue weighted by molar-refractivity contribution is 6.30. The smallest absolute Gasteiger partial charge is 0.308 e. The molecule has 0 spiro atoms. The third-order valence-electron chi connectivity index (χ3n) is 4.85. The molecule has 1 N–H and O–H groups in total. The summed E-state index contributed by atoms with van der Waals surface area (Å²) in [5.74, 6) is 0.779. The zero-order valence-electron chi connectivity index (χ0n) is 15.5. The van der Waals surface area contributed by atoms with Crippen LogP contribution in [-0.4, -0.2) is 50.6 Å². The highest BCUT2D eigenvalue weighted by atomic mass is 35.5. The summed E-state index contributed by atoms with van der Waals surface area (Å²) >= 11 is 5.98. The Morgan fingerprint density at radius 2 is 1.92 bits per heavy atom. The zero-order valence-corrected chi connectivity index (χ0v) is 16.3. The predicted octanol–water partition coefficient (Wildman–Crippen LogP) is 3.08. The highest BCUT2D eigenvalue weighted by Gasteiger charge is 2.28. The van der Waals surface area contributed by atoms with Crippen molar-refractivity contribution >= 4 is 23.5 Å².